The van der Waals surface area contributed by atoms with E-state index < -0.39 is 0 Å². The van der Waals surface area contributed by atoms with E-state index in [2.05, 4.69) is 34.6 Å². The normalized spacial score (nSPS) is 15.1. The van der Waals surface area contributed by atoms with Crippen LogP contribution in [0.25, 0.3) is 5.65 Å². The van der Waals surface area contributed by atoms with Crippen LogP contribution in [0.1, 0.15) is 53.0 Å². The van der Waals surface area contributed by atoms with Gasteiger partial charge in [-0.05, 0) is 42.4 Å². The first-order chi connectivity index (χ1) is 13.7. The van der Waals surface area contributed by atoms with E-state index in [-0.39, 0.29) is 5.91 Å². The number of benzene rings is 1. The van der Waals surface area contributed by atoms with Crippen LogP contribution in [0, 0.1) is 0 Å². The molecule has 1 N–H and O–H groups in total. The van der Waals surface area contributed by atoms with E-state index in [1.165, 1.54) is 5.56 Å². The summed E-state index contributed by atoms with van der Waals surface area (Å²) in [6.45, 7) is 4.16. The van der Waals surface area contributed by atoms with Crippen LogP contribution in [0.2, 0.25) is 5.02 Å². The van der Waals surface area contributed by atoms with Crippen molar-refractivity contribution in [1.82, 2.24) is 14.7 Å². The molecule has 0 spiro atoms. The number of nitrogens with one attached hydrogen (secondary N) is 1. The number of imidazole rings is 1. The number of aromatic nitrogens is 2. The molecule has 3 aromatic rings. The minimum absolute atomic E-state index is 0.125. The zero-order valence-corrected chi connectivity index (χ0v) is 16.7. The van der Waals surface area contributed by atoms with Gasteiger partial charge in [-0.3, -0.25) is 9.20 Å². The van der Waals surface area contributed by atoms with Crippen molar-refractivity contribution in [2.75, 3.05) is 13.2 Å². The predicted octanol–water partition coefficient (Wildman–Crippen LogP) is 4.37. The molecule has 0 radical (unpaired) electrons. The molecule has 2 aromatic heterocycles. The highest BCUT2D eigenvalue weighted by molar-refractivity contribution is 6.30. The lowest BCUT2D eigenvalue weighted by atomic mass is 9.91. The first-order valence-corrected chi connectivity index (χ1v) is 10.1. The Bertz CT molecular complexity index is 975. The van der Waals surface area contributed by atoms with Crippen LogP contribution >= 0.6 is 11.6 Å². The molecule has 4 rings (SSSR count). The topological polar surface area (TPSA) is 55.6 Å². The van der Waals surface area contributed by atoms with Gasteiger partial charge in [0.2, 0.25) is 0 Å². The number of ether oxygens (including phenoxy) is 1. The van der Waals surface area contributed by atoms with Gasteiger partial charge in [-0.1, -0.05) is 42.8 Å². The van der Waals surface area contributed by atoms with E-state index in [1.807, 2.05) is 6.92 Å². The number of nitrogens with zero attached hydrogens (tertiary/aromatic N) is 2. The third-order valence-corrected chi connectivity index (χ3v) is 5.57. The average molecular weight is 398 g/mol. The molecule has 1 aromatic carbocycles. The smallest absolute Gasteiger partial charge is 0.270 e. The van der Waals surface area contributed by atoms with Crippen LogP contribution in [-0.4, -0.2) is 28.5 Å². The molecule has 0 atom stereocenters. The molecule has 1 saturated heterocycles. The summed E-state index contributed by atoms with van der Waals surface area (Å²) in [4.78, 5) is 17.4. The number of halogens is 1. The molecule has 3 heterocycles. The van der Waals surface area contributed by atoms with Crippen molar-refractivity contribution >= 4 is 23.2 Å². The standard InChI is InChI=1S/C22H24ClN3O2/c1-2-19-21(26-10-7-18(23)13-20(26)25-19)22(27)24-14-15-3-5-16(6-4-15)17-8-11-28-12-9-17/h3-7,10,13,17H,2,8-9,11-12,14H2,1H3,(H,24,27). The molecule has 6 heteroatoms. The molecule has 28 heavy (non-hydrogen) atoms. The van der Waals surface area contributed by atoms with Gasteiger partial charge >= 0.3 is 0 Å². The van der Waals surface area contributed by atoms with Gasteiger partial charge in [-0.15, -0.1) is 0 Å². The molecule has 1 fully saturated rings. The molecular weight excluding hydrogens is 374 g/mol. The summed E-state index contributed by atoms with van der Waals surface area (Å²) in [5.41, 5.74) is 4.47. The number of amides is 1. The summed E-state index contributed by atoms with van der Waals surface area (Å²) in [5.74, 6) is 0.453. The van der Waals surface area contributed by atoms with Crippen LogP contribution < -0.4 is 5.32 Å². The van der Waals surface area contributed by atoms with Crippen molar-refractivity contribution < 1.29 is 9.53 Å². The van der Waals surface area contributed by atoms with Crippen molar-refractivity contribution in [2.24, 2.45) is 0 Å². The van der Waals surface area contributed by atoms with Crippen LogP contribution in [-0.2, 0) is 17.7 Å². The first-order valence-electron chi connectivity index (χ1n) is 9.77. The van der Waals surface area contributed by atoms with E-state index >= 15 is 0 Å². The van der Waals surface area contributed by atoms with Crippen molar-refractivity contribution in [3.05, 3.63) is 70.1 Å². The van der Waals surface area contributed by atoms with Gasteiger partial charge in [0.1, 0.15) is 11.3 Å². The summed E-state index contributed by atoms with van der Waals surface area (Å²) < 4.78 is 7.24. The van der Waals surface area contributed by atoms with E-state index in [0.717, 1.165) is 37.3 Å². The third kappa shape index (κ3) is 3.91. The van der Waals surface area contributed by atoms with Gasteiger partial charge < -0.3 is 10.1 Å². The number of carbonyl (C=O) groups is 1. The van der Waals surface area contributed by atoms with Gasteiger partial charge in [0, 0.05) is 37.0 Å². The number of pyridine rings is 1. The fourth-order valence-electron chi connectivity index (χ4n) is 3.76. The van der Waals surface area contributed by atoms with E-state index in [0.29, 0.717) is 35.2 Å². The molecule has 0 bridgehead atoms. The third-order valence-electron chi connectivity index (χ3n) is 5.34. The Balaban J connectivity index is 1.46. The first kappa shape index (κ1) is 19.0. The lowest BCUT2D eigenvalue weighted by Crippen LogP contribution is -2.25. The molecule has 0 aliphatic carbocycles. The molecule has 5 nitrogen and oxygen atoms in total. The quantitative estimate of drug-likeness (QED) is 0.695. The summed E-state index contributed by atoms with van der Waals surface area (Å²) in [7, 11) is 0. The predicted molar refractivity (Wildman–Crippen MR) is 110 cm³/mol. The Morgan fingerprint density at radius 1 is 1.25 bits per heavy atom. The number of aryl methyl sites for hydroxylation is 1. The second kappa shape index (κ2) is 8.33. The Kier molecular flexibility index (Phi) is 5.64. The second-order valence-electron chi connectivity index (χ2n) is 7.14. The highest BCUT2D eigenvalue weighted by Crippen LogP contribution is 2.27. The fraction of sp³-hybridized carbons (Fsp3) is 0.364. The monoisotopic (exact) mass is 397 g/mol. The fourth-order valence-corrected chi connectivity index (χ4v) is 3.91. The van der Waals surface area contributed by atoms with Gasteiger partial charge in [-0.2, -0.15) is 0 Å². The summed E-state index contributed by atoms with van der Waals surface area (Å²) in [5, 5.41) is 3.64. The second-order valence-corrected chi connectivity index (χ2v) is 7.58. The van der Waals surface area contributed by atoms with Gasteiger partial charge in [0.25, 0.3) is 5.91 Å². The molecular formula is C22H24ClN3O2. The minimum atomic E-state index is -0.125. The number of hydrogen-bond acceptors (Lipinski definition) is 3. The van der Waals surface area contributed by atoms with Crippen LogP contribution in [0.4, 0.5) is 0 Å². The molecule has 1 aliphatic heterocycles. The molecule has 0 unspecified atom stereocenters. The van der Waals surface area contributed by atoms with Crippen molar-refractivity contribution in [3.8, 4) is 0 Å². The Labute approximate surface area is 169 Å². The van der Waals surface area contributed by atoms with E-state index in [4.69, 9.17) is 16.3 Å². The van der Waals surface area contributed by atoms with Gasteiger partial charge in [-0.25, -0.2) is 4.98 Å². The zero-order chi connectivity index (χ0) is 19.5. The summed E-state index contributed by atoms with van der Waals surface area (Å²) in [6, 6.07) is 12.1. The molecule has 1 amide bonds. The van der Waals surface area contributed by atoms with Crippen LogP contribution in [0.3, 0.4) is 0 Å². The largest absolute Gasteiger partial charge is 0.381 e. The number of fused-ring (bicyclic) bond motifs is 1. The number of carbonyl (C=O) groups excluding carboxylic acids is 1. The zero-order valence-electron chi connectivity index (χ0n) is 16.0. The van der Waals surface area contributed by atoms with Gasteiger partial charge in [0.15, 0.2) is 0 Å². The van der Waals surface area contributed by atoms with Crippen molar-refractivity contribution in [1.29, 1.82) is 0 Å². The maximum Gasteiger partial charge on any atom is 0.270 e. The molecule has 146 valence electrons. The summed E-state index contributed by atoms with van der Waals surface area (Å²) in [6.07, 6.45) is 4.63. The van der Waals surface area contributed by atoms with Crippen LogP contribution in [0.5, 0.6) is 0 Å². The SMILES string of the molecule is CCc1nc2cc(Cl)ccn2c1C(=O)NCc1ccc(C2CCOCC2)cc1. The Morgan fingerprint density at radius 3 is 2.71 bits per heavy atom. The molecule has 1 aliphatic rings. The summed E-state index contributed by atoms with van der Waals surface area (Å²) >= 11 is 6.05. The highest BCUT2D eigenvalue weighted by Gasteiger charge is 2.19. The van der Waals surface area contributed by atoms with E-state index in [1.54, 1.807) is 22.7 Å². The Hall–Kier alpha value is -2.37. The van der Waals surface area contributed by atoms with Crippen LogP contribution in [0.15, 0.2) is 42.6 Å². The van der Waals surface area contributed by atoms with E-state index in [9.17, 15) is 4.79 Å². The van der Waals surface area contributed by atoms with Crippen molar-refractivity contribution in [2.45, 2.75) is 38.6 Å². The van der Waals surface area contributed by atoms with Gasteiger partial charge in [0.05, 0.1) is 5.69 Å². The Morgan fingerprint density at radius 2 is 2.00 bits per heavy atom. The van der Waals surface area contributed by atoms with Crippen molar-refractivity contribution in [3.63, 3.8) is 0 Å². The lowest BCUT2D eigenvalue weighted by Gasteiger charge is -2.22. The maximum absolute atomic E-state index is 12.9. The number of rotatable bonds is 5. The minimum Gasteiger partial charge on any atom is -0.381 e. The highest BCUT2D eigenvalue weighted by atomic mass is 35.5. The lowest BCUT2D eigenvalue weighted by molar-refractivity contribution is 0.0853. The molecule has 0 saturated carbocycles. The average Bonchev–Trinajstić information content (AvgIpc) is 3.10. The maximum atomic E-state index is 12.9. The number of hydrogen-bond donors (Lipinski definition) is 1.